The molecule has 1 aliphatic rings. The Balaban J connectivity index is 1.88. The van der Waals surface area contributed by atoms with E-state index >= 15 is 0 Å². The first-order valence-corrected chi connectivity index (χ1v) is 8.09. The van der Waals surface area contributed by atoms with E-state index in [1.807, 2.05) is 29.2 Å². The number of amides is 1. The zero-order valence-corrected chi connectivity index (χ0v) is 13.7. The number of carbonyl (C=O) groups excluding carboxylic acids is 1. The van der Waals surface area contributed by atoms with Gasteiger partial charge >= 0.3 is 0 Å². The fourth-order valence-electron chi connectivity index (χ4n) is 2.91. The molecule has 0 unspecified atom stereocenters. The molecule has 0 fully saturated rings. The van der Waals surface area contributed by atoms with Crippen molar-refractivity contribution in [3.8, 4) is 0 Å². The Hall–Kier alpha value is -1.80. The second-order valence-electron chi connectivity index (χ2n) is 6.14. The van der Waals surface area contributed by atoms with Gasteiger partial charge < -0.3 is 4.90 Å². The molecule has 3 rings (SSSR count). The summed E-state index contributed by atoms with van der Waals surface area (Å²) in [5.74, 6) is 0.410. The van der Waals surface area contributed by atoms with Crippen molar-refractivity contribution in [2.75, 3.05) is 6.54 Å². The molecule has 0 N–H and O–H groups in total. The first kappa shape index (κ1) is 15.1. The fraction of sp³-hybridized carbons (Fsp3) is 0.316. The molecule has 3 heteroatoms. The van der Waals surface area contributed by atoms with Crippen LogP contribution in [0, 0.1) is 0 Å². The first-order chi connectivity index (χ1) is 10.6. The molecule has 0 aliphatic carbocycles. The van der Waals surface area contributed by atoms with Gasteiger partial charge in [-0.1, -0.05) is 55.8 Å². The summed E-state index contributed by atoms with van der Waals surface area (Å²) < 4.78 is 0. The Kier molecular flexibility index (Phi) is 4.21. The fourth-order valence-corrected chi connectivity index (χ4v) is 3.10. The van der Waals surface area contributed by atoms with Crippen molar-refractivity contribution in [1.29, 1.82) is 0 Å². The number of nitrogens with zero attached hydrogens (tertiary/aromatic N) is 1. The summed E-state index contributed by atoms with van der Waals surface area (Å²) in [7, 11) is 0. The van der Waals surface area contributed by atoms with Crippen LogP contribution in [-0.2, 0) is 13.0 Å². The number of fused-ring (bicyclic) bond motifs is 1. The molecule has 2 nitrogen and oxygen atoms in total. The highest BCUT2D eigenvalue weighted by Crippen LogP contribution is 2.26. The van der Waals surface area contributed by atoms with Crippen LogP contribution in [0.5, 0.6) is 0 Å². The van der Waals surface area contributed by atoms with Gasteiger partial charge in [-0.3, -0.25) is 4.79 Å². The molecule has 1 heterocycles. The molecule has 2 aromatic rings. The highest BCUT2D eigenvalue weighted by atomic mass is 35.5. The van der Waals surface area contributed by atoms with Crippen LogP contribution in [0.1, 0.15) is 46.8 Å². The highest BCUT2D eigenvalue weighted by Gasteiger charge is 2.23. The topological polar surface area (TPSA) is 20.3 Å². The third-order valence-electron chi connectivity index (χ3n) is 4.31. The van der Waals surface area contributed by atoms with Crippen LogP contribution in [0.4, 0.5) is 0 Å². The van der Waals surface area contributed by atoms with E-state index in [-0.39, 0.29) is 5.91 Å². The van der Waals surface area contributed by atoms with Crippen molar-refractivity contribution in [2.24, 2.45) is 0 Å². The third kappa shape index (κ3) is 2.89. The van der Waals surface area contributed by atoms with E-state index in [2.05, 4.69) is 32.0 Å². The molecule has 22 heavy (non-hydrogen) atoms. The van der Waals surface area contributed by atoms with Gasteiger partial charge in [-0.25, -0.2) is 0 Å². The van der Waals surface area contributed by atoms with E-state index in [9.17, 15) is 4.79 Å². The average Bonchev–Trinajstić information content (AvgIpc) is 2.54. The third-order valence-corrected chi connectivity index (χ3v) is 4.63. The zero-order valence-electron chi connectivity index (χ0n) is 13.0. The summed E-state index contributed by atoms with van der Waals surface area (Å²) in [6, 6.07) is 14.1. The number of carbonyl (C=O) groups is 1. The smallest absolute Gasteiger partial charge is 0.255 e. The van der Waals surface area contributed by atoms with Crippen molar-refractivity contribution >= 4 is 17.5 Å². The zero-order chi connectivity index (χ0) is 15.7. The Morgan fingerprint density at radius 3 is 2.59 bits per heavy atom. The van der Waals surface area contributed by atoms with E-state index in [0.29, 0.717) is 23.0 Å². The molecular weight excluding hydrogens is 294 g/mol. The predicted octanol–water partition coefficient (Wildman–Crippen LogP) is 4.66. The quantitative estimate of drug-likeness (QED) is 0.789. The van der Waals surface area contributed by atoms with Crippen molar-refractivity contribution in [2.45, 2.75) is 32.7 Å². The van der Waals surface area contributed by atoms with Crippen LogP contribution in [0.15, 0.2) is 42.5 Å². The molecule has 0 aromatic heterocycles. The van der Waals surface area contributed by atoms with Gasteiger partial charge in [0.2, 0.25) is 0 Å². The largest absolute Gasteiger partial charge is 0.334 e. The molecule has 1 aliphatic heterocycles. The van der Waals surface area contributed by atoms with Gasteiger partial charge in [0.15, 0.2) is 0 Å². The molecule has 1 amide bonds. The molecule has 114 valence electrons. The average molecular weight is 314 g/mol. The Morgan fingerprint density at radius 1 is 1.14 bits per heavy atom. The number of benzene rings is 2. The molecule has 0 spiro atoms. The summed E-state index contributed by atoms with van der Waals surface area (Å²) in [4.78, 5) is 14.7. The lowest BCUT2D eigenvalue weighted by Crippen LogP contribution is -2.36. The molecule has 0 saturated carbocycles. The van der Waals surface area contributed by atoms with Crippen LogP contribution in [0.2, 0.25) is 5.02 Å². The van der Waals surface area contributed by atoms with Crippen LogP contribution >= 0.6 is 11.6 Å². The number of rotatable bonds is 2. The predicted molar refractivity (Wildman–Crippen MR) is 90.4 cm³/mol. The number of hydrogen-bond acceptors (Lipinski definition) is 1. The summed E-state index contributed by atoms with van der Waals surface area (Å²) in [5.41, 5.74) is 4.34. The SMILES string of the molecule is CC(C)c1ccc(Cl)c(C(=O)N2CCc3ccccc3C2)c1. The van der Waals surface area contributed by atoms with E-state index in [1.54, 1.807) is 0 Å². The molecule has 2 aromatic carbocycles. The van der Waals surface area contributed by atoms with Gasteiger partial charge in [-0.2, -0.15) is 0 Å². The van der Waals surface area contributed by atoms with Gasteiger partial charge in [0.05, 0.1) is 10.6 Å². The van der Waals surface area contributed by atoms with Crippen molar-refractivity contribution in [3.63, 3.8) is 0 Å². The van der Waals surface area contributed by atoms with Crippen LogP contribution in [0.25, 0.3) is 0 Å². The second kappa shape index (κ2) is 6.13. The minimum Gasteiger partial charge on any atom is -0.334 e. The van der Waals surface area contributed by atoms with E-state index in [4.69, 9.17) is 11.6 Å². The molecular formula is C19H20ClNO. The van der Waals surface area contributed by atoms with Crippen LogP contribution in [-0.4, -0.2) is 17.4 Å². The summed E-state index contributed by atoms with van der Waals surface area (Å²) >= 11 is 6.27. The molecule has 0 radical (unpaired) electrons. The van der Waals surface area contributed by atoms with E-state index in [1.165, 1.54) is 11.1 Å². The van der Waals surface area contributed by atoms with Gasteiger partial charge in [0, 0.05) is 13.1 Å². The summed E-state index contributed by atoms with van der Waals surface area (Å²) in [6.07, 6.45) is 0.906. The van der Waals surface area contributed by atoms with Crippen molar-refractivity contribution in [1.82, 2.24) is 4.90 Å². The monoisotopic (exact) mass is 313 g/mol. The lowest BCUT2D eigenvalue weighted by atomic mass is 9.97. The maximum Gasteiger partial charge on any atom is 0.255 e. The highest BCUT2D eigenvalue weighted by molar-refractivity contribution is 6.33. The minimum atomic E-state index is 0.0296. The van der Waals surface area contributed by atoms with Crippen molar-refractivity contribution in [3.05, 3.63) is 69.7 Å². The second-order valence-corrected chi connectivity index (χ2v) is 6.55. The minimum absolute atomic E-state index is 0.0296. The maximum atomic E-state index is 12.8. The summed E-state index contributed by atoms with van der Waals surface area (Å²) in [5, 5.41) is 0.535. The van der Waals surface area contributed by atoms with Gasteiger partial charge in [0.25, 0.3) is 5.91 Å². The van der Waals surface area contributed by atoms with Crippen molar-refractivity contribution < 1.29 is 4.79 Å². The standard InChI is InChI=1S/C19H20ClNO/c1-13(2)15-7-8-18(20)17(11-15)19(22)21-10-9-14-5-3-4-6-16(14)12-21/h3-8,11,13H,9-10,12H2,1-2H3. The van der Waals surface area contributed by atoms with E-state index in [0.717, 1.165) is 18.5 Å². The lowest BCUT2D eigenvalue weighted by Gasteiger charge is -2.29. The lowest BCUT2D eigenvalue weighted by molar-refractivity contribution is 0.0735. The Labute approximate surface area is 136 Å². The molecule has 0 bridgehead atoms. The first-order valence-electron chi connectivity index (χ1n) is 7.72. The number of hydrogen-bond donors (Lipinski definition) is 0. The summed E-state index contributed by atoms with van der Waals surface area (Å²) in [6.45, 7) is 5.65. The Morgan fingerprint density at radius 2 is 1.86 bits per heavy atom. The Bertz CT molecular complexity index is 708. The van der Waals surface area contributed by atoms with Crippen LogP contribution < -0.4 is 0 Å². The van der Waals surface area contributed by atoms with E-state index < -0.39 is 0 Å². The maximum absolute atomic E-state index is 12.8. The molecule has 0 saturated heterocycles. The van der Waals surface area contributed by atoms with Gasteiger partial charge in [-0.15, -0.1) is 0 Å². The van der Waals surface area contributed by atoms with Crippen LogP contribution in [0.3, 0.4) is 0 Å². The van der Waals surface area contributed by atoms with Gasteiger partial charge in [0.1, 0.15) is 0 Å². The number of halogens is 1. The molecule has 0 atom stereocenters. The normalized spacial score (nSPS) is 14.1. The van der Waals surface area contributed by atoms with Gasteiger partial charge in [-0.05, 0) is 41.2 Å².